The molecule has 2 fully saturated rings. The molecule has 1 amide bonds. The summed E-state index contributed by atoms with van der Waals surface area (Å²) in [7, 11) is 0. The topological polar surface area (TPSA) is 79.8 Å². The number of anilines is 2. The monoisotopic (exact) mass is 535 g/mol. The number of carbonyl (C=O) groups is 1. The van der Waals surface area contributed by atoms with Crippen molar-refractivity contribution in [3.63, 3.8) is 0 Å². The molecule has 1 N–H and O–H groups in total. The third kappa shape index (κ3) is 6.93. The lowest BCUT2D eigenvalue weighted by Crippen LogP contribution is -2.45. The van der Waals surface area contributed by atoms with E-state index in [9.17, 15) is 18.0 Å². The number of alkyl halides is 2. The first-order chi connectivity index (χ1) is 17.8. The summed E-state index contributed by atoms with van der Waals surface area (Å²) >= 11 is 0. The highest BCUT2D eigenvalue weighted by Gasteiger charge is 2.40. The second-order valence-corrected chi connectivity index (χ2v) is 11.0. The Balaban J connectivity index is 1.42. The predicted octanol–water partition coefficient (Wildman–Crippen LogP) is 5.55. The quantitative estimate of drug-likeness (QED) is 0.475. The van der Waals surface area contributed by atoms with Crippen molar-refractivity contribution in [2.24, 2.45) is 0 Å². The van der Waals surface area contributed by atoms with Crippen molar-refractivity contribution in [1.29, 1.82) is 0 Å². The van der Waals surface area contributed by atoms with Gasteiger partial charge in [0.25, 0.3) is 5.92 Å². The van der Waals surface area contributed by atoms with Gasteiger partial charge in [-0.1, -0.05) is 12.1 Å². The van der Waals surface area contributed by atoms with E-state index in [-0.39, 0.29) is 56.7 Å². The number of amides is 1. The Hall–Kier alpha value is -2.92. The van der Waals surface area contributed by atoms with Gasteiger partial charge in [-0.05, 0) is 52.3 Å². The van der Waals surface area contributed by atoms with Crippen LogP contribution in [-0.2, 0) is 16.0 Å². The van der Waals surface area contributed by atoms with Crippen LogP contribution in [0.4, 0.5) is 29.7 Å². The van der Waals surface area contributed by atoms with Crippen LogP contribution in [-0.4, -0.2) is 64.3 Å². The molecule has 2 aliphatic rings. The molecule has 3 heterocycles. The molecular weight excluding hydrogens is 499 g/mol. The SMILES string of the molecule is C[C@H](Nc1nccc(N2C(=O)OCC2[C@@H](C)OC(C)(C)C)n1)c1ccc(CN2CCC(F)(F)CC2)c(F)c1. The summed E-state index contributed by atoms with van der Waals surface area (Å²) in [5.74, 6) is -2.37. The average Bonchev–Trinajstić information content (AvgIpc) is 3.22. The van der Waals surface area contributed by atoms with Crippen LogP contribution < -0.4 is 10.2 Å². The fraction of sp³-hybridized carbons (Fsp3) is 0.593. The molecule has 8 nitrogen and oxygen atoms in total. The van der Waals surface area contributed by atoms with E-state index in [0.29, 0.717) is 23.5 Å². The molecule has 1 aromatic heterocycles. The highest BCUT2D eigenvalue weighted by Crippen LogP contribution is 2.30. The van der Waals surface area contributed by atoms with Crippen molar-refractivity contribution in [1.82, 2.24) is 14.9 Å². The molecule has 2 saturated heterocycles. The summed E-state index contributed by atoms with van der Waals surface area (Å²) in [4.78, 5) is 24.6. The first kappa shape index (κ1) is 28.1. The molecule has 3 atom stereocenters. The van der Waals surface area contributed by atoms with E-state index < -0.39 is 23.4 Å². The number of hydrogen-bond donors (Lipinski definition) is 1. The van der Waals surface area contributed by atoms with E-state index in [1.54, 1.807) is 24.4 Å². The van der Waals surface area contributed by atoms with Crippen LogP contribution in [0.5, 0.6) is 0 Å². The van der Waals surface area contributed by atoms with Crippen molar-refractivity contribution in [2.45, 2.75) is 83.7 Å². The number of cyclic esters (lactones) is 1. The zero-order chi connectivity index (χ0) is 27.7. The van der Waals surface area contributed by atoms with Crippen molar-refractivity contribution >= 4 is 17.9 Å². The van der Waals surface area contributed by atoms with Gasteiger partial charge in [-0.3, -0.25) is 9.80 Å². The van der Waals surface area contributed by atoms with Crippen LogP contribution in [0.25, 0.3) is 0 Å². The first-order valence-electron chi connectivity index (χ1n) is 12.9. The molecule has 11 heteroatoms. The average molecular weight is 536 g/mol. The molecule has 0 saturated carbocycles. The molecule has 208 valence electrons. The Bertz CT molecular complexity index is 1130. The van der Waals surface area contributed by atoms with Crippen LogP contribution in [0.15, 0.2) is 30.5 Å². The summed E-state index contributed by atoms with van der Waals surface area (Å²) in [5, 5.41) is 3.16. The number of halogens is 3. The van der Waals surface area contributed by atoms with Gasteiger partial charge in [0.2, 0.25) is 5.95 Å². The van der Waals surface area contributed by atoms with E-state index in [1.165, 1.54) is 11.0 Å². The van der Waals surface area contributed by atoms with E-state index in [2.05, 4.69) is 15.3 Å². The number of nitrogens with one attached hydrogen (secondary N) is 1. The minimum Gasteiger partial charge on any atom is -0.447 e. The Morgan fingerprint density at radius 1 is 1.21 bits per heavy atom. The van der Waals surface area contributed by atoms with Crippen LogP contribution >= 0.6 is 0 Å². The third-order valence-corrected chi connectivity index (χ3v) is 6.78. The third-order valence-electron chi connectivity index (χ3n) is 6.78. The summed E-state index contributed by atoms with van der Waals surface area (Å²) in [5.41, 5.74) is 0.753. The second-order valence-electron chi connectivity index (χ2n) is 11.0. The molecule has 0 aliphatic carbocycles. The highest BCUT2D eigenvalue weighted by atomic mass is 19.3. The van der Waals surface area contributed by atoms with Crippen molar-refractivity contribution < 1.29 is 27.4 Å². The fourth-order valence-electron chi connectivity index (χ4n) is 4.75. The van der Waals surface area contributed by atoms with Gasteiger partial charge in [0.05, 0.1) is 17.7 Å². The van der Waals surface area contributed by atoms with Gasteiger partial charge in [-0.15, -0.1) is 0 Å². The summed E-state index contributed by atoms with van der Waals surface area (Å²) in [6, 6.07) is 5.87. The van der Waals surface area contributed by atoms with Crippen LogP contribution in [0.3, 0.4) is 0 Å². The lowest BCUT2D eigenvalue weighted by atomic mass is 10.0. The minimum atomic E-state index is -2.63. The largest absolute Gasteiger partial charge is 0.447 e. The molecule has 38 heavy (non-hydrogen) atoms. The molecule has 1 aromatic carbocycles. The zero-order valence-electron chi connectivity index (χ0n) is 22.5. The number of ether oxygens (including phenoxy) is 2. The van der Waals surface area contributed by atoms with Gasteiger partial charge in [0.15, 0.2) is 0 Å². The van der Waals surface area contributed by atoms with Crippen LogP contribution in [0.1, 0.15) is 64.6 Å². The van der Waals surface area contributed by atoms with Gasteiger partial charge in [0, 0.05) is 44.2 Å². The van der Waals surface area contributed by atoms with Crippen LogP contribution in [0.2, 0.25) is 0 Å². The standard InChI is InChI=1S/C27H36F3N5O3/c1-17(19-6-7-20(21(28)14-19)15-34-12-9-27(29,30)10-13-34)32-24-31-11-8-23(33-24)35-22(16-37-25(35)36)18(2)38-26(3,4)5/h6-8,11,14,17-18,22H,9-10,12-13,15-16H2,1-5H3,(H,31,32,33)/t17-,18+,22?/m0/s1. The van der Waals surface area contributed by atoms with Crippen molar-refractivity contribution in [3.05, 3.63) is 47.4 Å². The molecule has 0 bridgehead atoms. The maximum Gasteiger partial charge on any atom is 0.416 e. The Morgan fingerprint density at radius 3 is 2.58 bits per heavy atom. The number of carbonyl (C=O) groups excluding carboxylic acids is 1. The van der Waals surface area contributed by atoms with Gasteiger partial charge >= 0.3 is 6.09 Å². The lowest BCUT2D eigenvalue weighted by molar-refractivity contribution is -0.0619. The van der Waals surface area contributed by atoms with E-state index in [4.69, 9.17) is 9.47 Å². The summed E-state index contributed by atoms with van der Waals surface area (Å²) in [6.45, 7) is 10.6. The second kappa shape index (κ2) is 11.1. The van der Waals surface area contributed by atoms with Gasteiger partial charge in [0.1, 0.15) is 24.3 Å². The van der Waals surface area contributed by atoms with E-state index >= 15 is 0 Å². The summed E-state index contributed by atoms with van der Waals surface area (Å²) < 4.78 is 53.1. The molecule has 4 rings (SSSR count). The maximum atomic E-state index is 14.9. The maximum absolute atomic E-state index is 14.9. The van der Waals surface area contributed by atoms with Gasteiger partial charge in [-0.2, -0.15) is 4.98 Å². The number of rotatable bonds is 8. The fourth-order valence-corrected chi connectivity index (χ4v) is 4.75. The van der Waals surface area contributed by atoms with Gasteiger partial charge in [-0.25, -0.2) is 22.9 Å². The molecule has 2 aliphatic heterocycles. The number of likely N-dealkylation sites (tertiary alicyclic amines) is 1. The Morgan fingerprint density at radius 2 is 1.92 bits per heavy atom. The van der Waals surface area contributed by atoms with Gasteiger partial charge < -0.3 is 14.8 Å². The van der Waals surface area contributed by atoms with E-state index in [1.807, 2.05) is 39.5 Å². The highest BCUT2D eigenvalue weighted by molar-refractivity contribution is 5.89. The Kier molecular flexibility index (Phi) is 8.17. The number of aromatic nitrogens is 2. The van der Waals surface area contributed by atoms with Crippen molar-refractivity contribution in [3.8, 4) is 0 Å². The number of benzene rings is 1. The van der Waals surface area contributed by atoms with E-state index in [0.717, 1.165) is 0 Å². The van der Waals surface area contributed by atoms with Crippen LogP contribution in [0, 0.1) is 5.82 Å². The molecule has 0 radical (unpaired) electrons. The molecular formula is C27H36F3N5O3. The molecule has 1 unspecified atom stereocenters. The number of piperidine rings is 1. The summed E-state index contributed by atoms with van der Waals surface area (Å²) in [6.07, 6.45) is 0.332. The Labute approximate surface area is 221 Å². The minimum absolute atomic E-state index is 0.185. The zero-order valence-corrected chi connectivity index (χ0v) is 22.5. The normalized spacial score (nSPS) is 21.7. The number of hydrogen-bond acceptors (Lipinski definition) is 7. The molecule has 0 spiro atoms. The lowest BCUT2D eigenvalue weighted by Gasteiger charge is -2.31. The predicted molar refractivity (Wildman–Crippen MR) is 138 cm³/mol. The molecule has 2 aromatic rings. The smallest absolute Gasteiger partial charge is 0.416 e. The number of nitrogens with zero attached hydrogens (tertiary/aromatic N) is 4. The first-order valence-corrected chi connectivity index (χ1v) is 12.9. The van der Waals surface area contributed by atoms with Crippen molar-refractivity contribution in [2.75, 3.05) is 29.9 Å².